The molecule has 0 saturated carbocycles. The Kier molecular flexibility index (Phi) is 6.54. The number of hydrogen-bond donors (Lipinski definition) is 0. The number of aryl methyl sites for hydroxylation is 1. The number of nitrogens with zero attached hydrogens (tertiary/aromatic N) is 4. The molecule has 3 rings (SSSR count). The lowest BCUT2D eigenvalue weighted by Crippen LogP contribution is -2.50. The number of thiophene rings is 1. The minimum absolute atomic E-state index is 0.0749. The predicted molar refractivity (Wildman–Crippen MR) is 112 cm³/mol. The van der Waals surface area contributed by atoms with Gasteiger partial charge in [0.15, 0.2) is 0 Å². The standard InChI is InChI=1S/C21H30N4O2S/c1-15(2)14-25-17(4)18(16(3)22-25)7-8-20(26)23-9-11-24(12-10-23)21(27)19-6-5-13-28-19/h5-6,13,15H,7-12,14H2,1-4H3. The van der Waals surface area contributed by atoms with Crippen LogP contribution in [0.4, 0.5) is 0 Å². The van der Waals surface area contributed by atoms with E-state index < -0.39 is 0 Å². The van der Waals surface area contributed by atoms with Crippen molar-refractivity contribution < 1.29 is 9.59 Å². The van der Waals surface area contributed by atoms with Crippen LogP contribution in [0, 0.1) is 19.8 Å². The quantitative estimate of drug-likeness (QED) is 0.746. The lowest BCUT2D eigenvalue weighted by Gasteiger charge is -2.34. The molecule has 1 aliphatic heterocycles. The third kappa shape index (κ3) is 4.63. The minimum Gasteiger partial charge on any atom is -0.339 e. The van der Waals surface area contributed by atoms with Gasteiger partial charge >= 0.3 is 0 Å². The monoisotopic (exact) mass is 402 g/mol. The molecule has 2 amide bonds. The first-order chi connectivity index (χ1) is 13.4. The topological polar surface area (TPSA) is 58.4 Å². The molecular weight excluding hydrogens is 372 g/mol. The van der Waals surface area contributed by atoms with E-state index in [0.717, 1.165) is 23.5 Å². The van der Waals surface area contributed by atoms with Gasteiger partial charge in [0.05, 0.1) is 10.6 Å². The van der Waals surface area contributed by atoms with Gasteiger partial charge in [-0.2, -0.15) is 5.10 Å². The highest BCUT2D eigenvalue weighted by Gasteiger charge is 2.25. The summed E-state index contributed by atoms with van der Waals surface area (Å²) >= 11 is 1.47. The highest BCUT2D eigenvalue weighted by atomic mass is 32.1. The van der Waals surface area contributed by atoms with Crippen LogP contribution in [0.15, 0.2) is 17.5 Å². The van der Waals surface area contributed by atoms with E-state index in [9.17, 15) is 9.59 Å². The summed E-state index contributed by atoms with van der Waals surface area (Å²) in [5, 5.41) is 6.56. The van der Waals surface area contributed by atoms with Crippen LogP contribution in [-0.4, -0.2) is 57.6 Å². The molecule has 0 bridgehead atoms. The molecule has 152 valence electrons. The van der Waals surface area contributed by atoms with Crippen LogP contribution in [0.3, 0.4) is 0 Å². The fourth-order valence-electron chi connectivity index (χ4n) is 3.72. The summed E-state index contributed by atoms with van der Waals surface area (Å²) in [6, 6.07) is 3.75. The molecule has 0 aromatic carbocycles. The molecule has 1 saturated heterocycles. The van der Waals surface area contributed by atoms with Crippen molar-refractivity contribution in [2.45, 2.75) is 47.1 Å². The van der Waals surface area contributed by atoms with Crippen molar-refractivity contribution in [3.8, 4) is 0 Å². The van der Waals surface area contributed by atoms with Crippen molar-refractivity contribution >= 4 is 23.2 Å². The van der Waals surface area contributed by atoms with Gasteiger partial charge < -0.3 is 9.80 Å². The number of carbonyl (C=O) groups excluding carboxylic acids is 2. The maximum atomic E-state index is 12.7. The van der Waals surface area contributed by atoms with Crippen molar-refractivity contribution in [1.82, 2.24) is 19.6 Å². The van der Waals surface area contributed by atoms with Crippen LogP contribution in [-0.2, 0) is 17.8 Å². The van der Waals surface area contributed by atoms with Crippen LogP contribution < -0.4 is 0 Å². The molecule has 3 heterocycles. The number of aromatic nitrogens is 2. The third-order valence-corrected chi connectivity index (χ3v) is 6.17. The molecule has 2 aromatic heterocycles. The summed E-state index contributed by atoms with van der Waals surface area (Å²) < 4.78 is 2.06. The molecule has 2 aromatic rings. The van der Waals surface area contributed by atoms with Crippen molar-refractivity contribution in [2.75, 3.05) is 26.2 Å². The Balaban J connectivity index is 1.51. The first kappa shape index (κ1) is 20.6. The lowest BCUT2D eigenvalue weighted by molar-refractivity contribution is -0.132. The first-order valence-electron chi connectivity index (χ1n) is 10.00. The lowest BCUT2D eigenvalue weighted by atomic mass is 10.1. The maximum absolute atomic E-state index is 12.7. The Bertz CT molecular complexity index is 818. The van der Waals surface area contributed by atoms with E-state index in [0.29, 0.717) is 38.5 Å². The van der Waals surface area contributed by atoms with Crippen LogP contribution in [0.5, 0.6) is 0 Å². The van der Waals surface area contributed by atoms with E-state index >= 15 is 0 Å². The molecule has 0 radical (unpaired) electrons. The summed E-state index contributed by atoms with van der Waals surface area (Å²) in [5.74, 6) is 0.783. The fraction of sp³-hybridized carbons (Fsp3) is 0.571. The van der Waals surface area contributed by atoms with Crippen molar-refractivity contribution in [3.63, 3.8) is 0 Å². The molecule has 1 aliphatic rings. The first-order valence-corrected chi connectivity index (χ1v) is 10.9. The summed E-state index contributed by atoms with van der Waals surface area (Å²) in [6.45, 7) is 11.8. The zero-order valence-corrected chi connectivity index (χ0v) is 18.1. The Morgan fingerprint density at radius 3 is 2.43 bits per heavy atom. The molecule has 0 atom stereocenters. The Labute approximate surface area is 171 Å². The van der Waals surface area contributed by atoms with E-state index in [4.69, 9.17) is 0 Å². The van der Waals surface area contributed by atoms with Gasteiger partial charge in [-0.3, -0.25) is 14.3 Å². The molecule has 0 spiro atoms. The van der Waals surface area contributed by atoms with Gasteiger partial charge in [-0.1, -0.05) is 19.9 Å². The van der Waals surface area contributed by atoms with Crippen molar-refractivity contribution in [1.29, 1.82) is 0 Å². The minimum atomic E-state index is 0.0749. The largest absolute Gasteiger partial charge is 0.339 e. The number of piperazine rings is 1. The molecule has 28 heavy (non-hydrogen) atoms. The second-order valence-electron chi connectivity index (χ2n) is 7.88. The van der Waals surface area contributed by atoms with Gasteiger partial charge in [0.25, 0.3) is 5.91 Å². The second-order valence-corrected chi connectivity index (χ2v) is 8.82. The average molecular weight is 403 g/mol. The molecule has 0 unspecified atom stereocenters. The van der Waals surface area contributed by atoms with Gasteiger partial charge in [-0.05, 0) is 43.2 Å². The van der Waals surface area contributed by atoms with E-state index in [1.54, 1.807) is 0 Å². The van der Waals surface area contributed by atoms with E-state index in [1.165, 1.54) is 22.6 Å². The van der Waals surface area contributed by atoms with Crippen molar-refractivity contribution in [2.24, 2.45) is 5.92 Å². The van der Waals surface area contributed by atoms with Crippen LogP contribution in [0.25, 0.3) is 0 Å². The third-order valence-electron chi connectivity index (χ3n) is 5.31. The highest BCUT2D eigenvalue weighted by Crippen LogP contribution is 2.18. The maximum Gasteiger partial charge on any atom is 0.264 e. The predicted octanol–water partition coefficient (Wildman–Crippen LogP) is 3.13. The summed E-state index contributed by atoms with van der Waals surface area (Å²) in [7, 11) is 0. The smallest absolute Gasteiger partial charge is 0.264 e. The Morgan fingerprint density at radius 1 is 1.14 bits per heavy atom. The molecule has 0 aliphatic carbocycles. The molecule has 7 heteroatoms. The molecule has 0 N–H and O–H groups in total. The van der Waals surface area contributed by atoms with E-state index in [2.05, 4.69) is 30.6 Å². The molecular formula is C21H30N4O2S. The van der Waals surface area contributed by atoms with E-state index in [1.807, 2.05) is 34.2 Å². The Morgan fingerprint density at radius 2 is 1.82 bits per heavy atom. The molecule has 1 fully saturated rings. The van der Waals surface area contributed by atoms with Crippen LogP contribution >= 0.6 is 11.3 Å². The number of rotatable bonds is 6. The number of hydrogen-bond acceptors (Lipinski definition) is 4. The zero-order valence-electron chi connectivity index (χ0n) is 17.3. The van der Waals surface area contributed by atoms with Crippen molar-refractivity contribution in [3.05, 3.63) is 39.3 Å². The SMILES string of the molecule is Cc1nn(CC(C)C)c(C)c1CCC(=O)N1CCN(C(=O)c2cccs2)CC1. The second kappa shape index (κ2) is 8.90. The van der Waals surface area contributed by atoms with Gasteiger partial charge in [0, 0.05) is 44.8 Å². The van der Waals surface area contributed by atoms with Gasteiger partial charge in [-0.15, -0.1) is 11.3 Å². The fourth-order valence-corrected chi connectivity index (χ4v) is 4.42. The molecule has 6 nitrogen and oxygen atoms in total. The van der Waals surface area contributed by atoms with Gasteiger partial charge in [0.1, 0.15) is 0 Å². The Hall–Kier alpha value is -2.15. The summed E-state index contributed by atoms with van der Waals surface area (Å²) in [6.07, 6.45) is 1.22. The number of amides is 2. The van der Waals surface area contributed by atoms with Crippen LogP contribution in [0.1, 0.15) is 46.9 Å². The van der Waals surface area contributed by atoms with Crippen LogP contribution in [0.2, 0.25) is 0 Å². The zero-order chi connectivity index (χ0) is 20.3. The highest BCUT2D eigenvalue weighted by molar-refractivity contribution is 7.12. The van der Waals surface area contributed by atoms with Gasteiger partial charge in [-0.25, -0.2) is 0 Å². The summed E-state index contributed by atoms with van der Waals surface area (Å²) in [4.78, 5) is 29.6. The number of carbonyl (C=O) groups is 2. The van der Waals surface area contributed by atoms with E-state index in [-0.39, 0.29) is 11.8 Å². The van der Waals surface area contributed by atoms with Gasteiger partial charge in [0.2, 0.25) is 5.91 Å². The normalized spacial score (nSPS) is 14.8. The average Bonchev–Trinajstić information content (AvgIpc) is 3.29. The summed E-state index contributed by atoms with van der Waals surface area (Å²) in [5.41, 5.74) is 3.39.